The summed E-state index contributed by atoms with van der Waals surface area (Å²) in [5, 5.41) is 16.6. The molecule has 0 aliphatic heterocycles. The first-order valence-electron chi connectivity index (χ1n) is 6.13. The van der Waals surface area contributed by atoms with Crippen LogP contribution >= 0.6 is 0 Å². The molecule has 19 heavy (non-hydrogen) atoms. The van der Waals surface area contributed by atoms with Gasteiger partial charge in [-0.25, -0.2) is 0 Å². The van der Waals surface area contributed by atoms with Gasteiger partial charge in [0.25, 0.3) is 11.6 Å². The summed E-state index contributed by atoms with van der Waals surface area (Å²) in [5.74, 6) is -0.166. The lowest BCUT2D eigenvalue weighted by Gasteiger charge is -2.17. The van der Waals surface area contributed by atoms with Crippen LogP contribution in [0.3, 0.4) is 0 Å². The van der Waals surface area contributed by atoms with Crippen LogP contribution in [-0.2, 0) is 0 Å². The molecule has 2 N–H and O–H groups in total. The van der Waals surface area contributed by atoms with Crippen molar-refractivity contribution >= 4 is 17.3 Å². The number of nitro groups is 1. The van der Waals surface area contributed by atoms with Gasteiger partial charge in [-0.1, -0.05) is 13.8 Å². The molecule has 0 heterocycles. The second kappa shape index (κ2) is 6.17. The Labute approximate surface area is 112 Å². The number of rotatable bonds is 5. The summed E-state index contributed by atoms with van der Waals surface area (Å²) in [5.41, 5.74) is 0.546. The standard InChI is InChI=1S/C13H19N3O3/c1-8(2)9(3)15-13(17)11-7-10(14-4)5-6-12(11)16(18)19/h5-9,14H,1-4H3,(H,15,17). The maximum Gasteiger partial charge on any atom is 0.282 e. The van der Waals surface area contributed by atoms with E-state index in [0.29, 0.717) is 5.69 Å². The molecule has 0 bridgehead atoms. The minimum Gasteiger partial charge on any atom is -0.388 e. The Morgan fingerprint density at radius 3 is 2.42 bits per heavy atom. The molecule has 1 rings (SSSR count). The van der Waals surface area contributed by atoms with Gasteiger partial charge in [-0.2, -0.15) is 0 Å². The lowest BCUT2D eigenvalue weighted by Crippen LogP contribution is -2.36. The van der Waals surface area contributed by atoms with Crippen LogP contribution in [0, 0.1) is 16.0 Å². The van der Waals surface area contributed by atoms with Crippen molar-refractivity contribution in [3.8, 4) is 0 Å². The smallest absolute Gasteiger partial charge is 0.282 e. The molecule has 0 radical (unpaired) electrons. The highest BCUT2D eigenvalue weighted by molar-refractivity contribution is 5.99. The Bertz CT molecular complexity index is 486. The van der Waals surface area contributed by atoms with E-state index >= 15 is 0 Å². The molecule has 1 aromatic rings. The van der Waals surface area contributed by atoms with Crippen molar-refractivity contribution in [2.24, 2.45) is 5.92 Å². The van der Waals surface area contributed by atoms with Crippen molar-refractivity contribution in [1.29, 1.82) is 0 Å². The van der Waals surface area contributed by atoms with Crippen LogP contribution in [0.1, 0.15) is 31.1 Å². The van der Waals surface area contributed by atoms with Crippen molar-refractivity contribution in [2.45, 2.75) is 26.8 Å². The first-order valence-corrected chi connectivity index (χ1v) is 6.13. The summed E-state index contributed by atoms with van der Waals surface area (Å²) in [4.78, 5) is 22.5. The SMILES string of the molecule is CNc1ccc([N+](=O)[O-])c(C(=O)NC(C)C(C)C)c1. The van der Waals surface area contributed by atoms with Crippen molar-refractivity contribution in [2.75, 3.05) is 12.4 Å². The monoisotopic (exact) mass is 265 g/mol. The molecule has 0 aliphatic rings. The Kier molecular flexibility index (Phi) is 4.86. The minimum absolute atomic E-state index is 0.0506. The van der Waals surface area contributed by atoms with Gasteiger partial charge in [-0.3, -0.25) is 14.9 Å². The first-order chi connectivity index (χ1) is 8.86. The van der Waals surface area contributed by atoms with E-state index in [2.05, 4.69) is 10.6 Å². The van der Waals surface area contributed by atoms with Crippen molar-refractivity contribution in [1.82, 2.24) is 5.32 Å². The van der Waals surface area contributed by atoms with E-state index < -0.39 is 10.8 Å². The van der Waals surface area contributed by atoms with Crippen molar-refractivity contribution < 1.29 is 9.72 Å². The maximum atomic E-state index is 12.1. The van der Waals surface area contributed by atoms with E-state index in [1.807, 2.05) is 20.8 Å². The van der Waals surface area contributed by atoms with Crippen LogP contribution in [-0.4, -0.2) is 23.9 Å². The normalized spacial score (nSPS) is 12.1. The molecule has 104 valence electrons. The van der Waals surface area contributed by atoms with Crippen molar-refractivity contribution in [3.05, 3.63) is 33.9 Å². The van der Waals surface area contributed by atoms with Gasteiger partial charge in [0, 0.05) is 24.8 Å². The summed E-state index contributed by atoms with van der Waals surface area (Å²) in [6.45, 7) is 5.82. The number of hydrogen-bond acceptors (Lipinski definition) is 4. The van der Waals surface area contributed by atoms with Crippen LogP contribution in [0.5, 0.6) is 0 Å². The third-order valence-corrected chi connectivity index (χ3v) is 3.09. The number of amides is 1. The molecule has 0 fully saturated rings. The van der Waals surface area contributed by atoms with Gasteiger partial charge in [0.15, 0.2) is 0 Å². The van der Waals surface area contributed by atoms with Crippen LogP contribution in [0.25, 0.3) is 0 Å². The second-order valence-electron chi connectivity index (χ2n) is 4.75. The topological polar surface area (TPSA) is 84.3 Å². The number of nitrogens with zero attached hydrogens (tertiary/aromatic N) is 1. The summed E-state index contributed by atoms with van der Waals surface area (Å²) >= 11 is 0. The average molecular weight is 265 g/mol. The molecular weight excluding hydrogens is 246 g/mol. The molecule has 1 unspecified atom stereocenters. The van der Waals surface area contributed by atoms with Gasteiger partial charge in [0.1, 0.15) is 5.56 Å². The van der Waals surface area contributed by atoms with E-state index in [0.717, 1.165) is 0 Å². The van der Waals surface area contributed by atoms with Gasteiger partial charge < -0.3 is 10.6 Å². The van der Waals surface area contributed by atoms with Crippen LogP contribution in [0.4, 0.5) is 11.4 Å². The molecule has 1 amide bonds. The Morgan fingerprint density at radius 1 is 1.32 bits per heavy atom. The van der Waals surface area contributed by atoms with Crippen LogP contribution < -0.4 is 10.6 Å². The van der Waals surface area contributed by atoms with Gasteiger partial charge in [-0.15, -0.1) is 0 Å². The third-order valence-electron chi connectivity index (χ3n) is 3.09. The molecule has 0 saturated heterocycles. The molecule has 1 atom stereocenters. The zero-order chi connectivity index (χ0) is 14.6. The summed E-state index contributed by atoms with van der Waals surface area (Å²) in [6.07, 6.45) is 0. The first kappa shape index (κ1) is 14.9. The lowest BCUT2D eigenvalue weighted by molar-refractivity contribution is -0.385. The number of nitrogens with one attached hydrogen (secondary N) is 2. The highest BCUT2D eigenvalue weighted by atomic mass is 16.6. The molecule has 1 aromatic carbocycles. The Balaban J connectivity index is 3.09. The number of benzene rings is 1. The average Bonchev–Trinajstić information content (AvgIpc) is 2.37. The molecular formula is C13H19N3O3. The zero-order valence-electron chi connectivity index (χ0n) is 11.6. The highest BCUT2D eigenvalue weighted by Crippen LogP contribution is 2.22. The number of nitro benzene ring substituents is 1. The fourth-order valence-corrected chi connectivity index (χ4v) is 1.48. The summed E-state index contributed by atoms with van der Waals surface area (Å²) in [7, 11) is 1.69. The maximum absolute atomic E-state index is 12.1. The quantitative estimate of drug-likeness (QED) is 0.632. The summed E-state index contributed by atoms with van der Waals surface area (Å²) < 4.78 is 0. The van der Waals surface area contributed by atoms with E-state index in [1.165, 1.54) is 12.1 Å². The predicted octanol–water partition coefficient (Wildman–Crippen LogP) is 2.41. The molecule has 0 aromatic heterocycles. The highest BCUT2D eigenvalue weighted by Gasteiger charge is 2.22. The third kappa shape index (κ3) is 3.67. The molecule has 0 spiro atoms. The van der Waals surface area contributed by atoms with E-state index in [-0.39, 0.29) is 23.2 Å². The number of carbonyl (C=O) groups is 1. The number of carbonyl (C=O) groups excluding carboxylic acids is 1. The molecule has 0 saturated carbocycles. The largest absolute Gasteiger partial charge is 0.388 e. The second-order valence-corrected chi connectivity index (χ2v) is 4.75. The van der Waals surface area contributed by atoms with Gasteiger partial charge in [0.2, 0.25) is 0 Å². The molecule has 6 heteroatoms. The Morgan fingerprint density at radius 2 is 1.95 bits per heavy atom. The fourth-order valence-electron chi connectivity index (χ4n) is 1.48. The van der Waals surface area contributed by atoms with Gasteiger partial charge >= 0.3 is 0 Å². The van der Waals surface area contributed by atoms with Crippen LogP contribution in [0.2, 0.25) is 0 Å². The van der Waals surface area contributed by atoms with Crippen molar-refractivity contribution in [3.63, 3.8) is 0 Å². The minimum atomic E-state index is -0.547. The fraction of sp³-hybridized carbons (Fsp3) is 0.462. The van der Waals surface area contributed by atoms with Crippen LogP contribution in [0.15, 0.2) is 18.2 Å². The summed E-state index contributed by atoms with van der Waals surface area (Å²) in [6, 6.07) is 4.34. The lowest BCUT2D eigenvalue weighted by atomic mass is 10.1. The van der Waals surface area contributed by atoms with E-state index in [1.54, 1.807) is 13.1 Å². The van der Waals surface area contributed by atoms with E-state index in [4.69, 9.17) is 0 Å². The number of anilines is 1. The zero-order valence-corrected chi connectivity index (χ0v) is 11.6. The van der Waals surface area contributed by atoms with Gasteiger partial charge in [0.05, 0.1) is 4.92 Å². The van der Waals surface area contributed by atoms with E-state index in [9.17, 15) is 14.9 Å². The van der Waals surface area contributed by atoms with Gasteiger partial charge in [-0.05, 0) is 25.0 Å². The predicted molar refractivity (Wildman–Crippen MR) is 74.4 cm³/mol. The molecule has 6 nitrogen and oxygen atoms in total. The Hall–Kier alpha value is -2.11. The number of hydrogen-bond donors (Lipinski definition) is 2. The molecule has 0 aliphatic carbocycles.